The number of rotatable bonds is 16. The van der Waals surface area contributed by atoms with E-state index in [4.69, 9.17) is 5.73 Å². The number of carbonyl (C=O) groups is 1. The number of carbonyl (C=O) groups excluding carboxylic acids is 1. The monoisotopic (exact) mass is 295 g/mol. The minimum absolute atomic E-state index is 0.241. The molecule has 0 spiro atoms. The Kier molecular flexibility index (Phi) is 16.9. The van der Waals surface area contributed by atoms with E-state index in [1.54, 1.807) is 0 Å². The van der Waals surface area contributed by atoms with Crippen molar-refractivity contribution in [2.75, 3.05) is 0 Å². The van der Waals surface area contributed by atoms with Gasteiger partial charge in [0.25, 0.3) is 0 Å². The van der Waals surface area contributed by atoms with Crippen LogP contribution in [0.25, 0.3) is 0 Å². The summed E-state index contributed by atoms with van der Waals surface area (Å²) in [6.07, 6.45) is 23.4. The fourth-order valence-electron chi connectivity index (χ4n) is 2.52. The Balaban J connectivity index is 3.10. The Hall–Kier alpha value is -0.630. The highest BCUT2D eigenvalue weighted by atomic mass is 16.1. The first-order valence-corrected chi connectivity index (χ1v) is 9.17. The van der Waals surface area contributed by atoms with E-state index in [2.05, 4.69) is 19.1 Å². The van der Waals surface area contributed by atoms with Crippen molar-refractivity contribution >= 4 is 6.29 Å². The molecular weight excluding hydrogens is 258 g/mol. The summed E-state index contributed by atoms with van der Waals surface area (Å²) in [5.74, 6) is 0. The van der Waals surface area contributed by atoms with Gasteiger partial charge in [-0.05, 0) is 32.1 Å². The first-order valence-electron chi connectivity index (χ1n) is 9.17. The Morgan fingerprint density at radius 1 is 0.762 bits per heavy atom. The maximum absolute atomic E-state index is 10.4. The molecule has 0 aliphatic carbocycles. The Labute approximate surface area is 132 Å². The zero-order chi connectivity index (χ0) is 15.6. The molecule has 0 radical (unpaired) electrons. The van der Waals surface area contributed by atoms with Gasteiger partial charge in [0.1, 0.15) is 6.29 Å². The predicted molar refractivity (Wildman–Crippen MR) is 93.5 cm³/mol. The SMILES string of the molecule is CCCCCCCC/C=C\CCCCCCCC(N)C=O. The fraction of sp³-hybridized carbons (Fsp3) is 0.842. The molecule has 0 aliphatic rings. The molecule has 1 unspecified atom stereocenters. The molecular formula is C19H37NO. The Bertz CT molecular complexity index is 238. The summed E-state index contributed by atoms with van der Waals surface area (Å²) < 4.78 is 0. The number of nitrogens with two attached hydrogens (primary N) is 1. The first-order chi connectivity index (χ1) is 10.3. The summed E-state index contributed by atoms with van der Waals surface area (Å²) in [6.45, 7) is 2.27. The van der Waals surface area contributed by atoms with Crippen LogP contribution in [0.15, 0.2) is 12.2 Å². The molecule has 0 fully saturated rings. The van der Waals surface area contributed by atoms with Crippen LogP contribution in [0.2, 0.25) is 0 Å². The van der Waals surface area contributed by atoms with Crippen molar-refractivity contribution in [3.8, 4) is 0 Å². The third kappa shape index (κ3) is 17.3. The van der Waals surface area contributed by atoms with Gasteiger partial charge in [0.05, 0.1) is 6.04 Å². The van der Waals surface area contributed by atoms with Crippen molar-refractivity contribution in [2.24, 2.45) is 5.73 Å². The number of hydrogen-bond donors (Lipinski definition) is 1. The highest BCUT2D eigenvalue weighted by Gasteiger charge is 1.98. The largest absolute Gasteiger partial charge is 0.322 e. The smallest absolute Gasteiger partial charge is 0.136 e. The first kappa shape index (κ1) is 20.4. The maximum atomic E-state index is 10.4. The van der Waals surface area contributed by atoms with Gasteiger partial charge in [0, 0.05) is 0 Å². The molecule has 0 aromatic heterocycles. The van der Waals surface area contributed by atoms with Crippen LogP contribution in [0.5, 0.6) is 0 Å². The zero-order valence-corrected chi connectivity index (χ0v) is 14.2. The molecule has 0 aliphatic heterocycles. The van der Waals surface area contributed by atoms with Gasteiger partial charge in [-0.15, -0.1) is 0 Å². The summed E-state index contributed by atoms with van der Waals surface area (Å²) in [5, 5.41) is 0. The highest BCUT2D eigenvalue weighted by Crippen LogP contribution is 2.10. The molecule has 0 saturated heterocycles. The lowest BCUT2D eigenvalue weighted by Gasteiger charge is -2.03. The molecule has 0 aromatic carbocycles. The Morgan fingerprint density at radius 3 is 1.76 bits per heavy atom. The average molecular weight is 296 g/mol. The summed E-state index contributed by atoms with van der Waals surface area (Å²) in [5.41, 5.74) is 5.55. The fourth-order valence-corrected chi connectivity index (χ4v) is 2.52. The molecule has 0 aromatic rings. The molecule has 1 atom stereocenters. The maximum Gasteiger partial charge on any atom is 0.136 e. The average Bonchev–Trinajstić information content (AvgIpc) is 2.50. The van der Waals surface area contributed by atoms with Crippen LogP contribution in [0.1, 0.15) is 96.8 Å². The summed E-state index contributed by atoms with van der Waals surface area (Å²) >= 11 is 0. The van der Waals surface area contributed by atoms with Gasteiger partial charge >= 0.3 is 0 Å². The van der Waals surface area contributed by atoms with Gasteiger partial charge < -0.3 is 10.5 Å². The second-order valence-electron chi connectivity index (χ2n) is 6.17. The van der Waals surface area contributed by atoms with Crippen molar-refractivity contribution < 1.29 is 4.79 Å². The van der Waals surface area contributed by atoms with Crippen LogP contribution in [-0.4, -0.2) is 12.3 Å². The van der Waals surface area contributed by atoms with E-state index in [0.717, 1.165) is 19.1 Å². The number of allylic oxidation sites excluding steroid dienone is 2. The van der Waals surface area contributed by atoms with Crippen LogP contribution in [0.4, 0.5) is 0 Å². The third-order valence-corrected chi connectivity index (χ3v) is 3.97. The molecule has 21 heavy (non-hydrogen) atoms. The summed E-state index contributed by atoms with van der Waals surface area (Å²) in [7, 11) is 0. The second kappa shape index (κ2) is 17.4. The Morgan fingerprint density at radius 2 is 1.24 bits per heavy atom. The van der Waals surface area contributed by atoms with Crippen LogP contribution in [0.3, 0.4) is 0 Å². The second-order valence-corrected chi connectivity index (χ2v) is 6.17. The van der Waals surface area contributed by atoms with E-state index in [1.165, 1.54) is 77.0 Å². The van der Waals surface area contributed by atoms with Crippen LogP contribution < -0.4 is 5.73 Å². The lowest BCUT2D eigenvalue weighted by Crippen LogP contribution is -2.20. The van der Waals surface area contributed by atoms with Crippen molar-refractivity contribution in [1.82, 2.24) is 0 Å². The molecule has 124 valence electrons. The van der Waals surface area contributed by atoms with E-state index < -0.39 is 0 Å². The van der Waals surface area contributed by atoms with Crippen molar-refractivity contribution in [1.29, 1.82) is 0 Å². The van der Waals surface area contributed by atoms with Gasteiger partial charge in [-0.25, -0.2) is 0 Å². The van der Waals surface area contributed by atoms with Crippen LogP contribution in [0, 0.1) is 0 Å². The van der Waals surface area contributed by atoms with Gasteiger partial charge in [-0.1, -0.05) is 76.9 Å². The molecule has 2 N–H and O–H groups in total. The van der Waals surface area contributed by atoms with Gasteiger partial charge in [-0.2, -0.15) is 0 Å². The van der Waals surface area contributed by atoms with Gasteiger partial charge in [-0.3, -0.25) is 0 Å². The van der Waals surface area contributed by atoms with Gasteiger partial charge in [0.15, 0.2) is 0 Å². The van der Waals surface area contributed by atoms with E-state index in [-0.39, 0.29) is 6.04 Å². The molecule has 0 bridgehead atoms. The van der Waals surface area contributed by atoms with E-state index in [1.807, 2.05) is 0 Å². The number of unbranched alkanes of at least 4 members (excludes halogenated alkanes) is 11. The molecule has 2 heteroatoms. The number of hydrogen-bond acceptors (Lipinski definition) is 2. The lowest BCUT2D eigenvalue weighted by atomic mass is 10.1. The van der Waals surface area contributed by atoms with Gasteiger partial charge in [0.2, 0.25) is 0 Å². The quantitative estimate of drug-likeness (QED) is 0.230. The van der Waals surface area contributed by atoms with Crippen molar-refractivity contribution in [3.63, 3.8) is 0 Å². The lowest BCUT2D eigenvalue weighted by molar-refractivity contribution is -0.109. The predicted octanol–water partition coefficient (Wildman–Crippen LogP) is 5.55. The van der Waals surface area contributed by atoms with E-state index in [9.17, 15) is 4.79 Å². The molecule has 0 saturated carbocycles. The molecule has 2 nitrogen and oxygen atoms in total. The minimum atomic E-state index is -0.241. The molecule has 0 rings (SSSR count). The summed E-state index contributed by atoms with van der Waals surface area (Å²) in [4.78, 5) is 10.4. The molecule has 0 heterocycles. The minimum Gasteiger partial charge on any atom is -0.322 e. The van der Waals surface area contributed by atoms with E-state index in [0.29, 0.717) is 0 Å². The highest BCUT2D eigenvalue weighted by molar-refractivity contribution is 5.56. The van der Waals surface area contributed by atoms with Crippen LogP contribution in [-0.2, 0) is 4.79 Å². The molecule has 0 amide bonds. The van der Waals surface area contributed by atoms with Crippen molar-refractivity contribution in [3.05, 3.63) is 12.2 Å². The normalized spacial score (nSPS) is 12.9. The van der Waals surface area contributed by atoms with E-state index >= 15 is 0 Å². The third-order valence-electron chi connectivity index (χ3n) is 3.97. The van der Waals surface area contributed by atoms with Crippen LogP contribution >= 0.6 is 0 Å². The standard InChI is InChI=1S/C19H37NO/c1-2-3-4-5-6-7-8-9-10-11-12-13-14-15-16-17-19(20)18-21/h9-10,18-19H,2-8,11-17,20H2,1H3/b10-9-. The zero-order valence-electron chi connectivity index (χ0n) is 14.2. The van der Waals surface area contributed by atoms with Crippen molar-refractivity contribution in [2.45, 2.75) is 103 Å². The topological polar surface area (TPSA) is 43.1 Å². The number of aldehydes is 1. The summed E-state index contributed by atoms with van der Waals surface area (Å²) in [6, 6.07) is -0.241.